The zero-order valence-corrected chi connectivity index (χ0v) is 8.61. The van der Waals surface area contributed by atoms with Crippen molar-refractivity contribution < 1.29 is 8.78 Å². The Morgan fingerprint density at radius 3 is 2.76 bits per heavy atom. The topological polar surface area (TPSA) is 41.6 Å². The second kappa shape index (κ2) is 3.62. The van der Waals surface area contributed by atoms with Crippen LogP contribution in [0.5, 0.6) is 0 Å². The highest BCUT2D eigenvalue weighted by atomic mass is 19.1. The number of nitrogens with one attached hydrogen (secondary N) is 1. The number of benzene rings is 1. The molecule has 84 valence electrons. The van der Waals surface area contributed by atoms with E-state index in [4.69, 9.17) is 0 Å². The molecule has 1 aromatic carbocycles. The number of aromatic amines is 1. The molecule has 17 heavy (non-hydrogen) atoms. The molecule has 0 aliphatic heterocycles. The van der Waals surface area contributed by atoms with Crippen molar-refractivity contribution in [3.63, 3.8) is 0 Å². The van der Waals surface area contributed by atoms with Crippen molar-refractivity contribution in [3.8, 4) is 11.4 Å². The van der Waals surface area contributed by atoms with Crippen LogP contribution in [0, 0.1) is 11.6 Å². The largest absolute Gasteiger partial charge is 0.337 e. The van der Waals surface area contributed by atoms with Crippen molar-refractivity contribution >= 4 is 11.0 Å². The summed E-state index contributed by atoms with van der Waals surface area (Å²) < 4.78 is 26.3. The van der Waals surface area contributed by atoms with Gasteiger partial charge in [0.1, 0.15) is 17.5 Å². The maximum Gasteiger partial charge on any atom is 0.141 e. The number of imidazole rings is 1. The maximum absolute atomic E-state index is 13.5. The summed E-state index contributed by atoms with van der Waals surface area (Å²) in [5, 5.41) is 0. The van der Waals surface area contributed by atoms with E-state index in [-0.39, 0.29) is 5.56 Å². The van der Waals surface area contributed by atoms with E-state index in [0.29, 0.717) is 16.9 Å². The predicted octanol–water partition coefficient (Wildman–Crippen LogP) is 2.90. The number of nitrogens with zero attached hydrogens (tertiary/aromatic N) is 2. The van der Waals surface area contributed by atoms with Crippen LogP contribution in [-0.2, 0) is 0 Å². The highest BCUT2D eigenvalue weighted by molar-refractivity contribution is 5.78. The molecule has 3 aromatic rings. The number of rotatable bonds is 1. The molecule has 3 rings (SSSR count). The van der Waals surface area contributed by atoms with Crippen molar-refractivity contribution in [2.24, 2.45) is 0 Å². The number of halogens is 2. The Kier molecular flexibility index (Phi) is 2.11. The third kappa shape index (κ3) is 1.65. The van der Waals surface area contributed by atoms with E-state index >= 15 is 0 Å². The summed E-state index contributed by atoms with van der Waals surface area (Å²) in [6.07, 6.45) is 3.21. The summed E-state index contributed by atoms with van der Waals surface area (Å²) in [7, 11) is 0. The van der Waals surface area contributed by atoms with E-state index in [0.717, 1.165) is 6.07 Å². The summed E-state index contributed by atoms with van der Waals surface area (Å²) >= 11 is 0. The summed E-state index contributed by atoms with van der Waals surface area (Å²) in [6.45, 7) is 0. The number of aromatic nitrogens is 3. The highest BCUT2D eigenvalue weighted by Gasteiger charge is 2.10. The third-order valence-corrected chi connectivity index (χ3v) is 2.47. The molecule has 0 aliphatic rings. The molecule has 0 saturated heterocycles. The fraction of sp³-hybridized carbons (Fsp3) is 0. The first-order valence-corrected chi connectivity index (χ1v) is 4.99. The summed E-state index contributed by atoms with van der Waals surface area (Å²) in [5.74, 6) is -0.883. The van der Waals surface area contributed by atoms with Crippen LogP contribution in [-0.4, -0.2) is 15.0 Å². The average molecular weight is 231 g/mol. The van der Waals surface area contributed by atoms with Gasteiger partial charge in [0.05, 0.1) is 22.8 Å². The molecule has 0 amide bonds. The van der Waals surface area contributed by atoms with Gasteiger partial charge in [-0.3, -0.25) is 4.98 Å². The lowest BCUT2D eigenvalue weighted by atomic mass is 10.2. The van der Waals surface area contributed by atoms with Gasteiger partial charge in [-0.15, -0.1) is 0 Å². The van der Waals surface area contributed by atoms with Crippen LogP contribution in [0.1, 0.15) is 0 Å². The molecule has 0 fully saturated rings. The quantitative estimate of drug-likeness (QED) is 0.699. The molecule has 0 bridgehead atoms. The molecule has 0 spiro atoms. The minimum Gasteiger partial charge on any atom is -0.337 e. The molecule has 2 aromatic heterocycles. The SMILES string of the molecule is Fc1ccc(-c2nc3ccncc3[nH]2)c(F)c1. The summed E-state index contributed by atoms with van der Waals surface area (Å²) in [5.41, 5.74) is 1.65. The van der Waals surface area contributed by atoms with E-state index in [1.165, 1.54) is 12.1 Å². The van der Waals surface area contributed by atoms with Gasteiger partial charge in [-0.05, 0) is 18.2 Å². The smallest absolute Gasteiger partial charge is 0.141 e. The second-order valence-corrected chi connectivity index (χ2v) is 3.60. The predicted molar refractivity (Wildman–Crippen MR) is 59.2 cm³/mol. The first-order chi connectivity index (χ1) is 8.24. The van der Waals surface area contributed by atoms with Gasteiger partial charge in [0, 0.05) is 12.3 Å². The van der Waals surface area contributed by atoms with Gasteiger partial charge in [0.15, 0.2) is 0 Å². The molecule has 2 heterocycles. The van der Waals surface area contributed by atoms with E-state index < -0.39 is 11.6 Å². The zero-order valence-electron chi connectivity index (χ0n) is 8.61. The Hall–Kier alpha value is -2.30. The zero-order chi connectivity index (χ0) is 11.8. The lowest BCUT2D eigenvalue weighted by Crippen LogP contribution is -1.87. The van der Waals surface area contributed by atoms with Crippen LogP contribution in [0.3, 0.4) is 0 Å². The van der Waals surface area contributed by atoms with Crippen LogP contribution < -0.4 is 0 Å². The van der Waals surface area contributed by atoms with Crippen molar-refractivity contribution in [2.45, 2.75) is 0 Å². The Labute approximate surface area is 95.1 Å². The Morgan fingerprint density at radius 2 is 2.00 bits per heavy atom. The number of H-pyrrole nitrogens is 1. The molecule has 0 atom stereocenters. The number of hydrogen-bond acceptors (Lipinski definition) is 2. The van der Waals surface area contributed by atoms with Gasteiger partial charge < -0.3 is 4.98 Å². The number of hydrogen-bond donors (Lipinski definition) is 1. The first kappa shape index (κ1) is 9.89. The summed E-state index contributed by atoms with van der Waals surface area (Å²) in [6, 6.07) is 5.11. The van der Waals surface area contributed by atoms with Crippen LogP contribution in [0.25, 0.3) is 22.4 Å². The Bertz CT molecular complexity index is 658. The van der Waals surface area contributed by atoms with Gasteiger partial charge in [-0.25, -0.2) is 13.8 Å². The average Bonchev–Trinajstić information content (AvgIpc) is 2.72. The van der Waals surface area contributed by atoms with Crippen molar-refractivity contribution in [1.82, 2.24) is 15.0 Å². The molecule has 3 nitrogen and oxygen atoms in total. The minimum atomic E-state index is -0.642. The third-order valence-electron chi connectivity index (χ3n) is 2.47. The molecule has 0 radical (unpaired) electrons. The molecule has 0 aliphatic carbocycles. The highest BCUT2D eigenvalue weighted by Crippen LogP contribution is 2.22. The number of fused-ring (bicyclic) bond motifs is 1. The van der Waals surface area contributed by atoms with Gasteiger partial charge in [-0.1, -0.05) is 0 Å². The molecular weight excluding hydrogens is 224 g/mol. The minimum absolute atomic E-state index is 0.239. The summed E-state index contributed by atoms with van der Waals surface area (Å²) in [4.78, 5) is 11.1. The molecular formula is C12H7F2N3. The van der Waals surface area contributed by atoms with Crippen LogP contribution in [0.4, 0.5) is 8.78 Å². The second-order valence-electron chi connectivity index (χ2n) is 3.60. The maximum atomic E-state index is 13.5. The normalized spacial score (nSPS) is 10.9. The molecule has 0 unspecified atom stereocenters. The van der Waals surface area contributed by atoms with E-state index in [2.05, 4.69) is 15.0 Å². The monoisotopic (exact) mass is 231 g/mol. The van der Waals surface area contributed by atoms with E-state index in [1.54, 1.807) is 18.5 Å². The standard InChI is InChI=1S/C12H7F2N3/c13-7-1-2-8(9(14)5-7)12-16-10-3-4-15-6-11(10)17-12/h1-6H,(H,16,17). The van der Waals surface area contributed by atoms with Crippen LogP contribution in [0.15, 0.2) is 36.7 Å². The lowest BCUT2D eigenvalue weighted by Gasteiger charge is -1.98. The van der Waals surface area contributed by atoms with Crippen molar-refractivity contribution in [1.29, 1.82) is 0 Å². The van der Waals surface area contributed by atoms with Gasteiger partial charge in [0.25, 0.3) is 0 Å². The van der Waals surface area contributed by atoms with Crippen LogP contribution >= 0.6 is 0 Å². The number of pyridine rings is 1. The van der Waals surface area contributed by atoms with Gasteiger partial charge in [0.2, 0.25) is 0 Å². The van der Waals surface area contributed by atoms with E-state index in [9.17, 15) is 8.78 Å². The molecule has 5 heteroatoms. The van der Waals surface area contributed by atoms with Gasteiger partial charge >= 0.3 is 0 Å². The first-order valence-electron chi connectivity index (χ1n) is 4.99. The molecule has 1 N–H and O–H groups in total. The van der Waals surface area contributed by atoms with E-state index in [1.807, 2.05) is 0 Å². The molecule has 0 saturated carbocycles. The Balaban J connectivity index is 2.20. The van der Waals surface area contributed by atoms with Crippen molar-refractivity contribution in [3.05, 3.63) is 48.3 Å². The lowest BCUT2D eigenvalue weighted by molar-refractivity contribution is 0.585. The Morgan fingerprint density at radius 1 is 1.12 bits per heavy atom. The fourth-order valence-electron chi connectivity index (χ4n) is 1.67. The van der Waals surface area contributed by atoms with Crippen LogP contribution in [0.2, 0.25) is 0 Å². The van der Waals surface area contributed by atoms with Crippen molar-refractivity contribution in [2.75, 3.05) is 0 Å². The van der Waals surface area contributed by atoms with Gasteiger partial charge in [-0.2, -0.15) is 0 Å². The fourth-order valence-corrected chi connectivity index (χ4v) is 1.67.